The van der Waals surface area contributed by atoms with Crippen LogP contribution in [0.3, 0.4) is 0 Å². The molecule has 0 aliphatic heterocycles. The summed E-state index contributed by atoms with van der Waals surface area (Å²) < 4.78 is 9.74. The predicted molar refractivity (Wildman–Crippen MR) is 88.5 cm³/mol. The Bertz CT molecular complexity index is 339. The van der Waals surface area contributed by atoms with Gasteiger partial charge in [0.1, 0.15) is 0 Å². The van der Waals surface area contributed by atoms with Gasteiger partial charge in [0.25, 0.3) is 0 Å². The first-order valence-corrected chi connectivity index (χ1v) is 8.29. The highest BCUT2D eigenvalue weighted by Gasteiger charge is 2.22. The number of ether oxygens (including phenoxy) is 2. The Morgan fingerprint density at radius 3 is 2.00 bits per heavy atom. The molecule has 0 N–H and O–H groups in total. The molecule has 0 aliphatic rings. The number of hydrogen-bond acceptors (Lipinski definition) is 4. The lowest BCUT2D eigenvalue weighted by Gasteiger charge is -2.16. The number of unbranched alkanes of at least 4 members (excludes halogenated alkanes) is 7. The second-order valence-electron chi connectivity index (χ2n) is 6.57. The van der Waals surface area contributed by atoms with Crippen LogP contribution in [0.15, 0.2) is 12.2 Å². The summed E-state index contributed by atoms with van der Waals surface area (Å²) in [5.74, 6) is -0.403. The third-order valence-electron chi connectivity index (χ3n) is 3.32. The molecule has 0 amide bonds. The van der Waals surface area contributed by atoms with Gasteiger partial charge in [-0.05, 0) is 40.0 Å². The lowest BCUT2D eigenvalue weighted by molar-refractivity contribution is -0.153. The van der Waals surface area contributed by atoms with Gasteiger partial charge in [-0.25, -0.2) is 4.79 Å². The molecular formula is C18H32O4. The molecule has 0 spiro atoms. The molecule has 0 heterocycles. The van der Waals surface area contributed by atoms with E-state index in [1.54, 1.807) is 0 Å². The fourth-order valence-electron chi connectivity index (χ4n) is 1.88. The first-order valence-electron chi connectivity index (χ1n) is 8.29. The van der Waals surface area contributed by atoms with E-state index < -0.39 is 5.41 Å². The minimum Gasteiger partial charge on any atom is -0.466 e. The topological polar surface area (TPSA) is 52.6 Å². The van der Waals surface area contributed by atoms with Crippen molar-refractivity contribution < 1.29 is 19.1 Å². The number of esters is 2. The summed E-state index contributed by atoms with van der Waals surface area (Å²) in [5.41, 5.74) is -0.400. The maximum Gasteiger partial charge on any atom is 0.330 e. The minimum absolute atomic E-state index is 0.118. The van der Waals surface area contributed by atoms with Gasteiger partial charge in [0.05, 0.1) is 19.1 Å². The molecule has 0 saturated heterocycles. The van der Waals surface area contributed by atoms with E-state index in [2.05, 4.69) is 4.74 Å². The van der Waals surface area contributed by atoms with Gasteiger partial charge in [0.15, 0.2) is 0 Å². The van der Waals surface area contributed by atoms with Gasteiger partial charge in [0.2, 0.25) is 0 Å². The van der Waals surface area contributed by atoms with Crippen LogP contribution in [0.5, 0.6) is 0 Å². The van der Waals surface area contributed by atoms with Crippen molar-refractivity contribution in [2.45, 2.75) is 72.1 Å². The molecule has 0 aromatic carbocycles. The molecule has 0 aromatic heterocycles. The van der Waals surface area contributed by atoms with Gasteiger partial charge in [-0.1, -0.05) is 38.2 Å². The molecule has 0 bridgehead atoms. The summed E-state index contributed by atoms with van der Waals surface area (Å²) in [6.45, 7) is 6.15. The van der Waals surface area contributed by atoms with Crippen molar-refractivity contribution >= 4 is 11.9 Å². The lowest BCUT2D eigenvalue weighted by Crippen LogP contribution is -2.23. The van der Waals surface area contributed by atoms with Crippen molar-refractivity contribution in [3.05, 3.63) is 12.2 Å². The average Bonchev–Trinajstić information content (AvgIpc) is 2.46. The first-order chi connectivity index (χ1) is 10.4. The van der Waals surface area contributed by atoms with Crippen LogP contribution >= 0.6 is 0 Å². The summed E-state index contributed by atoms with van der Waals surface area (Å²) in [6, 6.07) is 0. The van der Waals surface area contributed by atoms with Crippen molar-refractivity contribution in [1.29, 1.82) is 0 Å². The molecule has 0 atom stereocenters. The zero-order chi connectivity index (χ0) is 16.8. The summed E-state index contributed by atoms with van der Waals surface area (Å²) in [5, 5.41) is 0. The van der Waals surface area contributed by atoms with E-state index >= 15 is 0 Å². The Balaban J connectivity index is 3.29. The molecule has 0 aliphatic carbocycles. The number of carbonyl (C=O) groups excluding carboxylic acids is 2. The third-order valence-corrected chi connectivity index (χ3v) is 3.32. The molecule has 0 aromatic rings. The summed E-state index contributed by atoms with van der Waals surface area (Å²) >= 11 is 0. The molecule has 22 heavy (non-hydrogen) atoms. The third kappa shape index (κ3) is 12.4. The summed E-state index contributed by atoms with van der Waals surface area (Å²) in [7, 11) is 1.39. The molecule has 0 unspecified atom stereocenters. The zero-order valence-corrected chi connectivity index (χ0v) is 14.7. The largest absolute Gasteiger partial charge is 0.466 e. The van der Waals surface area contributed by atoms with Crippen LogP contribution in [0.2, 0.25) is 0 Å². The number of rotatable bonds is 11. The fourth-order valence-corrected chi connectivity index (χ4v) is 1.88. The molecule has 0 fully saturated rings. The van der Waals surface area contributed by atoms with Crippen LogP contribution in [-0.4, -0.2) is 25.7 Å². The number of carbonyl (C=O) groups is 2. The average molecular weight is 312 g/mol. The number of allylic oxidation sites excluding steroid dienone is 1. The normalized spacial score (nSPS) is 11.6. The van der Waals surface area contributed by atoms with Crippen LogP contribution in [0, 0.1) is 5.41 Å². The molecule has 0 saturated carbocycles. The van der Waals surface area contributed by atoms with Gasteiger partial charge < -0.3 is 9.47 Å². The highest BCUT2D eigenvalue weighted by atomic mass is 16.5. The van der Waals surface area contributed by atoms with E-state index in [0.717, 1.165) is 25.7 Å². The molecule has 4 heteroatoms. The number of hydrogen-bond donors (Lipinski definition) is 0. The van der Waals surface area contributed by atoms with Crippen molar-refractivity contribution in [2.24, 2.45) is 5.41 Å². The van der Waals surface area contributed by atoms with Crippen LogP contribution in [-0.2, 0) is 19.1 Å². The summed E-state index contributed by atoms with van der Waals surface area (Å²) in [4.78, 5) is 22.4. The monoisotopic (exact) mass is 312 g/mol. The maximum absolute atomic E-state index is 11.5. The Morgan fingerprint density at radius 1 is 0.909 bits per heavy atom. The fraction of sp³-hybridized carbons (Fsp3) is 0.778. The standard InChI is InChI=1S/C18H32O4/c1-18(2,3)17(20)22-15-13-11-9-7-5-6-8-10-12-14-16(19)21-4/h12,14H,5-11,13,15H2,1-4H3/b14-12+. The van der Waals surface area contributed by atoms with Crippen molar-refractivity contribution in [3.63, 3.8) is 0 Å². The van der Waals surface area contributed by atoms with Crippen molar-refractivity contribution in [2.75, 3.05) is 13.7 Å². The highest BCUT2D eigenvalue weighted by Crippen LogP contribution is 2.15. The van der Waals surface area contributed by atoms with Gasteiger partial charge in [-0.15, -0.1) is 0 Å². The molecular weight excluding hydrogens is 280 g/mol. The van der Waals surface area contributed by atoms with Crippen LogP contribution < -0.4 is 0 Å². The SMILES string of the molecule is COC(=O)/C=C/CCCCCCCCCOC(=O)C(C)(C)C. The quantitative estimate of drug-likeness (QED) is 0.322. The van der Waals surface area contributed by atoms with Crippen LogP contribution in [0.1, 0.15) is 72.1 Å². The minimum atomic E-state index is -0.400. The zero-order valence-electron chi connectivity index (χ0n) is 14.7. The van der Waals surface area contributed by atoms with Crippen molar-refractivity contribution in [1.82, 2.24) is 0 Å². The molecule has 0 radical (unpaired) electrons. The molecule has 128 valence electrons. The maximum atomic E-state index is 11.5. The van der Waals surface area contributed by atoms with Crippen molar-refractivity contribution in [3.8, 4) is 0 Å². The van der Waals surface area contributed by atoms with Crippen LogP contribution in [0.25, 0.3) is 0 Å². The van der Waals surface area contributed by atoms with Gasteiger partial charge in [-0.3, -0.25) is 4.79 Å². The van der Waals surface area contributed by atoms with E-state index in [4.69, 9.17) is 4.74 Å². The second-order valence-corrected chi connectivity index (χ2v) is 6.57. The van der Waals surface area contributed by atoms with Crippen LogP contribution in [0.4, 0.5) is 0 Å². The smallest absolute Gasteiger partial charge is 0.330 e. The van der Waals surface area contributed by atoms with Gasteiger partial charge in [-0.2, -0.15) is 0 Å². The van der Waals surface area contributed by atoms with Gasteiger partial charge in [0, 0.05) is 6.08 Å². The highest BCUT2D eigenvalue weighted by molar-refractivity contribution is 5.81. The van der Waals surface area contributed by atoms with E-state index in [1.807, 2.05) is 26.8 Å². The van der Waals surface area contributed by atoms with E-state index in [1.165, 1.54) is 38.9 Å². The molecule has 4 nitrogen and oxygen atoms in total. The first kappa shape index (κ1) is 20.7. The Hall–Kier alpha value is -1.32. The van der Waals surface area contributed by atoms with E-state index in [-0.39, 0.29) is 11.9 Å². The van der Waals surface area contributed by atoms with E-state index in [0.29, 0.717) is 6.61 Å². The Kier molecular flexibility index (Phi) is 11.5. The summed E-state index contributed by atoms with van der Waals surface area (Å²) in [6.07, 6.45) is 12.3. The second kappa shape index (κ2) is 12.2. The van der Waals surface area contributed by atoms with E-state index in [9.17, 15) is 9.59 Å². The number of methoxy groups -OCH3 is 1. The van der Waals surface area contributed by atoms with Gasteiger partial charge >= 0.3 is 11.9 Å². The lowest BCUT2D eigenvalue weighted by atomic mass is 9.97. The molecule has 0 rings (SSSR count). The predicted octanol–water partition coefficient (Wildman–Crippen LogP) is 4.43. The Labute approximate surface area is 135 Å². The Morgan fingerprint density at radius 2 is 1.45 bits per heavy atom.